The summed E-state index contributed by atoms with van der Waals surface area (Å²) in [6.45, 7) is 5.67. The van der Waals surface area contributed by atoms with Crippen LogP contribution in [0.3, 0.4) is 0 Å². The van der Waals surface area contributed by atoms with E-state index in [1.54, 1.807) is 0 Å². The van der Waals surface area contributed by atoms with E-state index in [1.165, 1.54) is 31.2 Å². The minimum Gasteiger partial charge on any atom is -0.343 e. The molecule has 2 aliphatic rings. The number of hydrogen-bond donors (Lipinski definition) is 2. The number of aliphatic imine (C=N–C) groups is 1. The summed E-state index contributed by atoms with van der Waals surface area (Å²) in [7, 11) is 0. The molecule has 0 saturated heterocycles. The lowest BCUT2D eigenvalue weighted by molar-refractivity contribution is 0.191. The number of hydrogen-bond acceptors (Lipinski definition) is 6. The molecule has 1 aliphatic heterocycles. The zero-order chi connectivity index (χ0) is 16.5. The maximum absolute atomic E-state index is 4.63. The number of aryl methyl sites for hydroxylation is 2. The lowest BCUT2D eigenvalue weighted by Crippen LogP contribution is -2.49. The highest BCUT2D eigenvalue weighted by Crippen LogP contribution is 2.23. The predicted molar refractivity (Wildman–Crippen MR) is 97.0 cm³/mol. The minimum atomic E-state index is 0.603. The number of benzene rings is 1. The topological polar surface area (TPSA) is 65.4 Å². The van der Waals surface area contributed by atoms with Gasteiger partial charge in [0.25, 0.3) is 0 Å². The van der Waals surface area contributed by atoms with E-state index in [0.29, 0.717) is 12.0 Å². The molecule has 2 heterocycles. The molecule has 0 atom stereocenters. The monoisotopic (exact) mass is 324 g/mol. The molecule has 126 valence electrons. The van der Waals surface area contributed by atoms with E-state index < -0.39 is 0 Å². The molecule has 2 N–H and O–H groups in total. The van der Waals surface area contributed by atoms with E-state index in [-0.39, 0.29) is 0 Å². The molecule has 0 spiro atoms. The Labute approximate surface area is 142 Å². The summed E-state index contributed by atoms with van der Waals surface area (Å²) >= 11 is 0. The Hall–Kier alpha value is -2.21. The van der Waals surface area contributed by atoms with Crippen LogP contribution in [0.2, 0.25) is 0 Å². The standard InChI is InChI=1S/C18H24N6/c1-12-7-8-15-13(2)21-18(22-16(15)9-12)23-17-19-10-24(11-20-17)14-5-3-4-6-14/h7-9,14H,3-6,10-11H2,1-2H3,(H2,19,20,21,22,23). The van der Waals surface area contributed by atoms with Gasteiger partial charge in [0.1, 0.15) is 0 Å². The van der Waals surface area contributed by atoms with Crippen molar-refractivity contribution in [3.63, 3.8) is 0 Å². The first-order valence-corrected chi connectivity index (χ1v) is 8.73. The number of guanidine groups is 1. The van der Waals surface area contributed by atoms with Gasteiger partial charge in [0.2, 0.25) is 11.9 Å². The molecule has 1 fully saturated rings. The van der Waals surface area contributed by atoms with Crippen molar-refractivity contribution in [1.29, 1.82) is 0 Å². The van der Waals surface area contributed by atoms with Crippen molar-refractivity contribution in [1.82, 2.24) is 20.2 Å². The second-order valence-corrected chi connectivity index (χ2v) is 6.79. The van der Waals surface area contributed by atoms with Gasteiger partial charge in [-0.15, -0.1) is 0 Å². The zero-order valence-corrected chi connectivity index (χ0v) is 14.3. The van der Waals surface area contributed by atoms with Gasteiger partial charge in [-0.3, -0.25) is 10.2 Å². The number of aromatic nitrogens is 2. The van der Waals surface area contributed by atoms with Crippen LogP contribution in [0.1, 0.15) is 36.9 Å². The van der Waals surface area contributed by atoms with Crippen LogP contribution in [0.4, 0.5) is 5.95 Å². The Bertz CT molecular complexity index is 778. The van der Waals surface area contributed by atoms with Crippen LogP contribution in [-0.2, 0) is 0 Å². The normalized spacial score (nSPS) is 19.3. The maximum Gasteiger partial charge on any atom is 0.230 e. The van der Waals surface area contributed by atoms with Gasteiger partial charge >= 0.3 is 0 Å². The summed E-state index contributed by atoms with van der Waals surface area (Å²) in [6.07, 6.45) is 5.29. The number of nitrogens with zero attached hydrogens (tertiary/aromatic N) is 4. The average Bonchev–Trinajstić information content (AvgIpc) is 3.09. The quantitative estimate of drug-likeness (QED) is 0.889. The van der Waals surface area contributed by atoms with E-state index in [9.17, 15) is 0 Å². The van der Waals surface area contributed by atoms with E-state index in [1.807, 2.05) is 6.92 Å². The fourth-order valence-electron chi connectivity index (χ4n) is 3.60. The van der Waals surface area contributed by atoms with Crippen molar-refractivity contribution < 1.29 is 0 Å². The van der Waals surface area contributed by atoms with E-state index in [2.05, 4.69) is 55.6 Å². The van der Waals surface area contributed by atoms with Crippen LogP contribution in [-0.4, -0.2) is 40.2 Å². The van der Waals surface area contributed by atoms with E-state index >= 15 is 0 Å². The lowest BCUT2D eigenvalue weighted by atomic mass is 10.1. The van der Waals surface area contributed by atoms with Crippen molar-refractivity contribution >= 4 is 22.8 Å². The summed E-state index contributed by atoms with van der Waals surface area (Å²) in [6, 6.07) is 6.95. The average molecular weight is 324 g/mol. The van der Waals surface area contributed by atoms with Crippen molar-refractivity contribution in [2.45, 2.75) is 45.6 Å². The SMILES string of the molecule is Cc1ccc2c(C)nc(NC3=NCN(C4CCCC4)CN3)nc2c1. The minimum absolute atomic E-state index is 0.603. The van der Waals surface area contributed by atoms with Gasteiger partial charge in [-0.2, -0.15) is 0 Å². The molecule has 1 saturated carbocycles. The van der Waals surface area contributed by atoms with Crippen molar-refractivity contribution in [3.05, 3.63) is 29.5 Å². The van der Waals surface area contributed by atoms with Gasteiger partial charge < -0.3 is 5.32 Å². The third kappa shape index (κ3) is 3.06. The number of nitrogens with one attached hydrogen (secondary N) is 2. The summed E-state index contributed by atoms with van der Waals surface area (Å²) in [5.41, 5.74) is 3.15. The molecule has 1 aromatic carbocycles. The molecule has 2 aromatic rings. The Kier molecular flexibility index (Phi) is 4.06. The molecular formula is C18H24N6. The van der Waals surface area contributed by atoms with Crippen LogP contribution in [0, 0.1) is 13.8 Å². The van der Waals surface area contributed by atoms with E-state index in [0.717, 1.165) is 35.9 Å². The van der Waals surface area contributed by atoms with Crippen LogP contribution in [0.5, 0.6) is 0 Å². The van der Waals surface area contributed by atoms with Gasteiger partial charge in [-0.1, -0.05) is 25.0 Å². The smallest absolute Gasteiger partial charge is 0.230 e. The summed E-state index contributed by atoms with van der Waals surface area (Å²) in [4.78, 5) is 16.2. The van der Waals surface area contributed by atoms with Crippen LogP contribution >= 0.6 is 0 Å². The summed E-state index contributed by atoms with van der Waals surface area (Å²) < 4.78 is 0. The second kappa shape index (κ2) is 6.36. The lowest BCUT2D eigenvalue weighted by Gasteiger charge is -2.31. The molecule has 6 heteroatoms. The first-order chi connectivity index (χ1) is 11.7. The van der Waals surface area contributed by atoms with E-state index in [4.69, 9.17) is 0 Å². The Morgan fingerprint density at radius 1 is 1.17 bits per heavy atom. The molecule has 0 radical (unpaired) electrons. The van der Waals surface area contributed by atoms with Gasteiger partial charge in [0.15, 0.2) is 0 Å². The molecule has 1 aromatic heterocycles. The molecule has 0 unspecified atom stereocenters. The highest BCUT2D eigenvalue weighted by molar-refractivity contribution is 5.93. The van der Waals surface area contributed by atoms with Crippen molar-refractivity contribution in [2.75, 3.05) is 18.7 Å². The van der Waals surface area contributed by atoms with Gasteiger partial charge in [-0.05, 0) is 38.3 Å². The van der Waals surface area contributed by atoms with Gasteiger partial charge in [0.05, 0.1) is 24.5 Å². The highest BCUT2D eigenvalue weighted by Gasteiger charge is 2.24. The number of fused-ring (bicyclic) bond motifs is 1. The molecule has 0 amide bonds. The maximum atomic E-state index is 4.63. The Morgan fingerprint density at radius 2 is 2.00 bits per heavy atom. The van der Waals surface area contributed by atoms with Gasteiger partial charge in [0, 0.05) is 11.4 Å². The predicted octanol–water partition coefficient (Wildman–Crippen LogP) is 2.78. The number of anilines is 1. The molecule has 4 rings (SSSR count). The third-order valence-electron chi connectivity index (χ3n) is 4.97. The zero-order valence-electron chi connectivity index (χ0n) is 14.3. The van der Waals surface area contributed by atoms with Crippen LogP contribution in [0.25, 0.3) is 10.9 Å². The first kappa shape index (κ1) is 15.3. The van der Waals surface area contributed by atoms with Crippen LogP contribution < -0.4 is 10.6 Å². The van der Waals surface area contributed by atoms with Crippen molar-refractivity contribution in [2.24, 2.45) is 4.99 Å². The highest BCUT2D eigenvalue weighted by atomic mass is 15.4. The third-order valence-corrected chi connectivity index (χ3v) is 4.97. The van der Waals surface area contributed by atoms with Gasteiger partial charge in [-0.25, -0.2) is 15.0 Å². The molecule has 24 heavy (non-hydrogen) atoms. The Morgan fingerprint density at radius 3 is 2.75 bits per heavy atom. The fraction of sp³-hybridized carbons (Fsp3) is 0.500. The molecule has 6 nitrogen and oxygen atoms in total. The molecule has 0 bridgehead atoms. The fourth-order valence-corrected chi connectivity index (χ4v) is 3.60. The summed E-state index contributed by atoms with van der Waals surface area (Å²) in [5.74, 6) is 1.36. The molecule has 1 aliphatic carbocycles. The Balaban J connectivity index is 1.50. The summed E-state index contributed by atoms with van der Waals surface area (Å²) in [5, 5.41) is 7.69. The largest absolute Gasteiger partial charge is 0.343 e. The molecular weight excluding hydrogens is 300 g/mol. The number of rotatable bonds is 2. The van der Waals surface area contributed by atoms with Crippen LogP contribution in [0.15, 0.2) is 23.2 Å². The second-order valence-electron chi connectivity index (χ2n) is 6.79. The first-order valence-electron chi connectivity index (χ1n) is 8.73. The van der Waals surface area contributed by atoms with Crippen molar-refractivity contribution in [3.8, 4) is 0 Å².